The molecule has 0 N–H and O–H groups in total. The minimum atomic E-state index is -1.86. The van der Waals surface area contributed by atoms with Gasteiger partial charge in [-0.15, -0.1) is 12.1 Å². The minimum Gasteiger partial charge on any atom is -0.486 e. The van der Waals surface area contributed by atoms with E-state index in [0.717, 1.165) is 40.0 Å². The fraction of sp³-hybridized carbons (Fsp3) is 0.205. The Balaban J connectivity index is 0.000000193. The third kappa shape index (κ3) is 7.82. The Morgan fingerprint density at radius 3 is 2.37 bits per heavy atom. The van der Waals surface area contributed by atoms with Gasteiger partial charge in [0.25, 0.3) is 0 Å². The molecule has 4 aromatic heterocycles. The molecule has 0 saturated carbocycles. The van der Waals surface area contributed by atoms with Gasteiger partial charge in [0.15, 0.2) is 0 Å². The Morgan fingerprint density at radius 2 is 1.63 bits per heavy atom. The molecule has 0 fully saturated rings. The maximum atomic E-state index is 14.9. The molecule has 0 aliphatic heterocycles. The Labute approximate surface area is 321 Å². The second-order valence-corrected chi connectivity index (χ2v) is 25.0. The quantitative estimate of drug-likeness (QED) is 0.118. The van der Waals surface area contributed by atoms with Crippen molar-refractivity contribution in [1.82, 2.24) is 19.5 Å². The van der Waals surface area contributed by atoms with Crippen LogP contribution in [0.5, 0.6) is 0 Å². The number of hydrogen-bond acceptors (Lipinski definition) is 4. The number of imidazole rings is 1. The minimum absolute atomic E-state index is 0. The van der Waals surface area contributed by atoms with Crippen molar-refractivity contribution in [2.75, 3.05) is 0 Å². The van der Waals surface area contributed by atoms with Crippen molar-refractivity contribution < 1.29 is 28.9 Å². The van der Waals surface area contributed by atoms with E-state index in [-0.39, 0.29) is 25.9 Å². The molecule has 1 radical (unpaired) electrons. The van der Waals surface area contributed by atoms with Gasteiger partial charge in [0.1, 0.15) is 0 Å². The van der Waals surface area contributed by atoms with Gasteiger partial charge in [-0.25, -0.2) is 4.98 Å². The fourth-order valence-electron chi connectivity index (χ4n) is 6.60. The monoisotopic (exact) mass is 927 g/mol. The molecule has 8 heteroatoms. The summed E-state index contributed by atoms with van der Waals surface area (Å²) in [7, 11) is 0. The summed E-state index contributed by atoms with van der Waals surface area (Å²) >= 11 is -1.86. The molecule has 0 atom stereocenters. The van der Waals surface area contributed by atoms with E-state index in [1.54, 1.807) is 4.40 Å². The van der Waals surface area contributed by atoms with Crippen LogP contribution in [-0.2, 0) is 33.1 Å². The zero-order chi connectivity index (χ0) is 35.7. The molecular formula is C44H41FGeIrN4O-2. The zero-order valence-electron chi connectivity index (χ0n) is 30.3. The van der Waals surface area contributed by atoms with Gasteiger partial charge in [-0.2, -0.15) is 0 Å². The summed E-state index contributed by atoms with van der Waals surface area (Å²) in [5.41, 5.74) is 8.91. The van der Waals surface area contributed by atoms with E-state index in [1.165, 1.54) is 11.6 Å². The van der Waals surface area contributed by atoms with Crippen molar-refractivity contribution in [1.29, 1.82) is 0 Å². The molecule has 265 valence electrons. The molecule has 4 aromatic carbocycles. The van der Waals surface area contributed by atoms with Gasteiger partial charge in [-0.1, -0.05) is 48.0 Å². The van der Waals surface area contributed by atoms with Crippen LogP contribution < -0.4 is 4.40 Å². The first-order chi connectivity index (χ1) is 24.6. The molecular weight excluding hydrogens is 884 g/mol. The van der Waals surface area contributed by atoms with Crippen LogP contribution in [0.4, 0.5) is 4.39 Å². The standard InChI is InChI=1S/C26H17FN3O.C18H24GeN.Ir/c1-16-11-12-18-23-20(27)14-13-19(24(23)31-26(18)28-16)25-29-21-9-5-6-10-22(21)30(25)15-17-7-3-2-4-8-17;1-14(2)11-16-12-18(15-9-7-6-8-10-15)20-13-17(16)19(3,4)5;/h2-12,14H,15H2,1H3;6-9,12-14H,11H2,1-5H3;/q2*-1;. The van der Waals surface area contributed by atoms with Crippen LogP contribution in [0.15, 0.2) is 114 Å². The second-order valence-electron chi connectivity index (χ2n) is 14.5. The summed E-state index contributed by atoms with van der Waals surface area (Å²) in [6.07, 6.45) is 3.27. The Kier molecular flexibility index (Phi) is 11.2. The smallest absolute Gasteiger partial charge is 0.216 e. The van der Waals surface area contributed by atoms with E-state index in [0.29, 0.717) is 45.9 Å². The summed E-state index contributed by atoms with van der Waals surface area (Å²) in [5, 5.41) is 1.06. The SMILES string of the molecule is CC(C)Cc1cc(-c2[c-]cccc2)nc[c]1[Ge]([CH3])([CH3])[CH3].Cc1ccc2c(n1)oc1c(-c3nc4ccccc4n3Cc3ccccc3)[c-]cc(F)c12.[Ir]. The van der Waals surface area contributed by atoms with Gasteiger partial charge in [-0.05, 0) is 42.1 Å². The molecule has 8 aromatic rings. The number of aromatic nitrogens is 4. The van der Waals surface area contributed by atoms with E-state index in [1.807, 2.05) is 79.7 Å². The number of aryl methyl sites for hydroxylation is 1. The average Bonchev–Trinajstić information content (AvgIpc) is 3.67. The molecule has 0 aliphatic rings. The summed E-state index contributed by atoms with van der Waals surface area (Å²) in [4.78, 5) is 14.0. The van der Waals surface area contributed by atoms with Crippen molar-refractivity contribution in [3.8, 4) is 22.6 Å². The average molecular weight is 926 g/mol. The maximum Gasteiger partial charge on any atom is 0.216 e. The number of furan rings is 1. The molecule has 52 heavy (non-hydrogen) atoms. The van der Waals surface area contributed by atoms with Crippen molar-refractivity contribution in [2.45, 2.75) is 51.0 Å². The maximum absolute atomic E-state index is 14.9. The fourth-order valence-corrected chi connectivity index (χ4v) is 9.93. The molecule has 0 aliphatic carbocycles. The molecule has 0 saturated heterocycles. The van der Waals surface area contributed by atoms with Gasteiger partial charge in [0.05, 0.1) is 22.4 Å². The molecule has 4 heterocycles. The van der Waals surface area contributed by atoms with Crippen LogP contribution in [0.2, 0.25) is 17.3 Å². The number of para-hydroxylation sites is 2. The van der Waals surface area contributed by atoms with E-state index in [9.17, 15) is 4.39 Å². The van der Waals surface area contributed by atoms with Crippen molar-refractivity contribution in [2.24, 2.45) is 5.92 Å². The number of nitrogens with zero attached hydrogens (tertiary/aromatic N) is 4. The normalized spacial score (nSPS) is 11.5. The van der Waals surface area contributed by atoms with Gasteiger partial charge in [0, 0.05) is 43.5 Å². The first kappa shape index (κ1) is 37.3. The van der Waals surface area contributed by atoms with E-state index in [4.69, 9.17) is 14.4 Å². The number of fused-ring (bicyclic) bond motifs is 4. The number of benzene rings is 4. The van der Waals surface area contributed by atoms with E-state index >= 15 is 0 Å². The van der Waals surface area contributed by atoms with Crippen LogP contribution >= 0.6 is 0 Å². The number of rotatable bonds is 7. The summed E-state index contributed by atoms with van der Waals surface area (Å²) < 4.78 is 24.6. The predicted octanol–water partition coefficient (Wildman–Crippen LogP) is 10.6. The van der Waals surface area contributed by atoms with E-state index < -0.39 is 13.3 Å². The van der Waals surface area contributed by atoms with Crippen molar-refractivity contribution in [3.05, 3.63) is 144 Å². The van der Waals surface area contributed by atoms with Crippen LogP contribution in [-0.4, -0.2) is 32.8 Å². The van der Waals surface area contributed by atoms with Gasteiger partial charge in [-0.3, -0.25) is 9.37 Å². The summed E-state index contributed by atoms with van der Waals surface area (Å²) in [5.74, 6) is 8.30. The van der Waals surface area contributed by atoms with Gasteiger partial charge < -0.3 is 8.98 Å². The first-order valence-electron chi connectivity index (χ1n) is 17.4. The molecule has 0 bridgehead atoms. The Morgan fingerprint density at radius 1 is 0.885 bits per heavy atom. The Bertz CT molecular complexity index is 2470. The summed E-state index contributed by atoms with van der Waals surface area (Å²) in [6, 6.07) is 40.0. The van der Waals surface area contributed by atoms with Crippen LogP contribution in [0, 0.1) is 30.8 Å². The molecule has 5 nitrogen and oxygen atoms in total. The second kappa shape index (κ2) is 15.7. The van der Waals surface area contributed by atoms with E-state index in [2.05, 4.69) is 83.3 Å². The number of halogens is 1. The topological polar surface area (TPSA) is 56.7 Å². The molecule has 0 amide bonds. The third-order valence-corrected chi connectivity index (χ3v) is 13.3. The Hall–Kier alpha value is -4.43. The largest absolute Gasteiger partial charge is 0.486 e. The third-order valence-electron chi connectivity index (χ3n) is 8.98. The predicted molar refractivity (Wildman–Crippen MR) is 209 cm³/mol. The number of pyridine rings is 2. The van der Waals surface area contributed by atoms with Crippen molar-refractivity contribution >= 4 is 50.8 Å². The summed E-state index contributed by atoms with van der Waals surface area (Å²) in [6.45, 7) is 7.08. The molecule has 8 rings (SSSR count). The van der Waals surface area contributed by atoms with Crippen LogP contribution in [0.25, 0.3) is 55.7 Å². The van der Waals surface area contributed by atoms with Crippen molar-refractivity contribution in [3.63, 3.8) is 0 Å². The molecule has 0 spiro atoms. The zero-order valence-corrected chi connectivity index (χ0v) is 34.8. The van der Waals surface area contributed by atoms with Crippen LogP contribution in [0.1, 0.15) is 30.7 Å². The number of hydrogen-bond donors (Lipinski definition) is 0. The van der Waals surface area contributed by atoms with Gasteiger partial charge in [0.2, 0.25) is 5.71 Å². The van der Waals surface area contributed by atoms with Crippen LogP contribution in [0.3, 0.4) is 0 Å². The molecule has 0 unspecified atom stereocenters. The van der Waals surface area contributed by atoms with Gasteiger partial charge >= 0.3 is 126 Å². The first-order valence-corrected chi connectivity index (χ1v) is 24.8.